The molecule has 4 nitrogen and oxygen atoms in total. The predicted molar refractivity (Wildman–Crippen MR) is 77.3 cm³/mol. The van der Waals surface area contributed by atoms with E-state index < -0.39 is 0 Å². The van der Waals surface area contributed by atoms with E-state index in [0.29, 0.717) is 0 Å². The second kappa shape index (κ2) is 6.83. The van der Waals surface area contributed by atoms with E-state index in [1.165, 1.54) is 38.1 Å². The maximum absolute atomic E-state index is 10.9. The third-order valence-electron chi connectivity index (χ3n) is 3.26. The number of esters is 1. The molecule has 0 spiro atoms. The summed E-state index contributed by atoms with van der Waals surface area (Å²) in [5.74, 6) is -0.363. The van der Waals surface area contributed by atoms with Gasteiger partial charge in [0, 0.05) is 36.7 Å². The Kier molecular flexibility index (Phi) is 4.84. The number of nitrogens with zero attached hydrogens (tertiary/aromatic N) is 1. The van der Waals surface area contributed by atoms with Gasteiger partial charge < -0.3 is 15.0 Å². The van der Waals surface area contributed by atoms with Gasteiger partial charge in [0.2, 0.25) is 0 Å². The standard InChI is InChI=1S/C15H20N2O2/c1-19-15(18)9-10-16-13-5-7-14(8-6-13)17-11-3-2-4-12-17/h5-10,16H,2-4,11-12H2,1H3/b10-9+. The largest absolute Gasteiger partial charge is 0.466 e. The van der Waals surface area contributed by atoms with Gasteiger partial charge >= 0.3 is 5.97 Å². The number of rotatable bonds is 4. The van der Waals surface area contributed by atoms with Gasteiger partial charge in [0.1, 0.15) is 0 Å². The minimum Gasteiger partial charge on any atom is -0.466 e. The van der Waals surface area contributed by atoms with Crippen LogP contribution < -0.4 is 10.2 Å². The molecule has 0 saturated carbocycles. The van der Waals surface area contributed by atoms with Crippen LogP contribution in [0.15, 0.2) is 36.5 Å². The number of benzene rings is 1. The van der Waals surface area contributed by atoms with E-state index in [2.05, 4.69) is 27.1 Å². The van der Waals surface area contributed by atoms with Crippen LogP contribution in [-0.2, 0) is 9.53 Å². The lowest BCUT2D eigenvalue weighted by atomic mass is 10.1. The van der Waals surface area contributed by atoms with Gasteiger partial charge in [0.05, 0.1) is 7.11 Å². The average molecular weight is 260 g/mol. The highest BCUT2D eigenvalue weighted by Crippen LogP contribution is 2.21. The van der Waals surface area contributed by atoms with E-state index in [0.717, 1.165) is 18.8 Å². The lowest BCUT2D eigenvalue weighted by Crippen LogP contribution is -2.29. The van der Waals surface area contributed by atoms with Crippen molar-refractivity contribution in [2.75, 3.05) is 30.4 Å². The van der Waals surface area contributed by atoms with E-state index in [9.17, 15) is 4.79 Å². The van der Waals surface area contributed by atoms with Gasteiger partial charge in [-0.1, -0.05) is 0 Å². The van der Waals surface area contributed by atoms with Crippen LogP contribution in [0.3, 0.4) is 0 Å². The minimum absolute atomic E-state index is 0.363. The third-order valence-corrected chi connectivity index (χ3v) is 3.26. The molecule has 1 aliphatic heterocycles. The van der Waals surface area contributed by atoms with Crippen molar-refractivity contribution >= 4 is 17.3 Å². The van der Waals surface area contributed by atoms with Crippen molar-refractivity contribution in [1.82, 2.24) is 0 Å². The van der Waals surface area contributed by atoms with Crippen LogP contribution in [0.2, 0.25) is 0 Å². The molecule has 1 saturated heterocycles. The van der Waals surface area contributed by atoms with Gasteiger partial charge in [-0.05, 0) is 43.5 Å². The van der Waals surface area contributed by atoms with Gasteiger partial charge in [-0.3, -0.25) is 0 Å². The summed E-state index contributed by atoms with van der Waals surface area (Å²) >= 11 is 0. The van der Waals surface area contributed by atoms with Crippen LogP contribution in [0.25, 0.3) is 0 Å². The fourth-order valence-corrected chi connectivity index (χ4v) is 2.19. The zero-order valence-electron chi connectivity index (χ0n) is 11.3. The number of hydrogen-bond donors (Lipinski definition) is 1. The summed E-state index contributed by atoms with van der Waals surface area (Å²) in [5, 5.41) is 3.04. The molecular formula is C15H20N2O2. The molecule has 19 heavy (non-hydrogen) atoms. The Morgan fingerprint density at radius 3 is 2.53 bits per heavy atom. The highest BCUT2D eigenvalue weighted by molar-refractivity contribution is 5.82. The predicted octanol–water partition coefficient (Wildman–Crippen LogP) is 2.78. The minimum atomic E-state index is -0.363. The fourth-order valence-electron chi connectivity index (χ4n) is 2.19. The van der Waals surface area contributed by atoms with Crippen molar-refractivity contribution in [2.45, 2.75) is 19.3 Å². The Labute approximate surface area is 114 Å². The topological polar surface area (TPSA) is 41.6 Å². The fraction of sp³-hybridized carbons (Fsp3) is 0.400. The number of anilines is 2. The molecule has 4 heteroatoms. The molecule has 0 atom stereocenters. The molecule has 1 aromatic carbocycles. The molecule has 1 heterocycles. The van der Waals surface area contributed by atoms with Crippen LogP contribution in [0.5, 0.6) is 0 Å². The highest BCUT2D eigenvalue weighted by Gasteiger charge is 2.10. The molecule has 1 N–H and O–H groups in total. The summed E-state index contributed by atoms with van der Waals surface area (Å²) in [4.78, 5) is 13.3. The first-order valence-electron chi connectivity index (χ1n) is 6.65. The van der Waals surface area contributed by atoms with Crippen LogP contribution in [0, 0.1) is 0 Å². The maximum Gasteiger partial charge on any atom is 0.331 e. The van der Waals surface area contributed by atoms with Crippen LogP contribution in [0.4, 0.5) is 11.4 Å². The van der Waals surface area contributed by atoms with Crippen molar-refractivity contribution < 1.29 is 9.53 Å². The number of nitrogens with one attached hydrogen (secondary N) is 1. The number of hydrogen-bond acceptors (Lipinski definition) is 4. The Morgan fingerprint density at radius 1 is 1.21 bits per heavy atom. The first kappa shape index (κ1) is 13.5. The van der Waals surface area contributed by atoms with Gasteiger partial charge in [-0.2, -0.15) is 0 Å². The second-order valence-corrected chi connectivity index (χ2v) is 4.60. The monoisotopic (exact) mass is 260 g/mol. The number of piperidine rings is 1. The molecular weight excluding hydrogens is 240 g/mol. The van der Waals surface area contributed by atoms with E-state index in [-0.39, 0.29) is 5.97 Å². The number of ether oxygens (including phenoxy) is 1. The number of methoxy groups -OCH3 is 1. The molecule has 102 valence electrons. The molecule has 1 aliphatic rings. The zero-order chi connectivity index (χ0) is 13.5. The first-order valence-corrected chi connectivity index (χ1v) is 6.65. The summed E-state index contributed by atoms with van der Waals surface area (Å²) in [6.45, 7) is 2.30. The van der Waals surface area contributed by atoms with Gasteiger partial charge in [0.25, 0.3) is 0 Å². The molecule has 0 radical (unpaired) electrons. The van der Waals surface area contributed by atoms with Crippen molar-refractivity contribution in [2.24, 2.45) is 0 Å². The highest BCUT2D eigenvalue weighted by atomic mass is 16.5. The lowest BCUT2D eigenvalue weighted by Gasteiger charge is -2.28. The van der Waals surface area contributed by atoms with Crippen LogP contribution in [0.1, 0.15) is 19.3 Å². The Bertz CT molecular complexity index is 434. The summed E-state index contributed by atoms with van der Waals surface area (Å²) < 4.78 is 4.51. The molecule has 0 bridgehead atoms. The van der Waals surface area contributed by atoms with Crippen molar-refractivity contribution in [3.63, 3.8) is 0 Å². The Hall–Kier alpha value is -1.97. The number of carbonyl (C=O) groups is 1. The molecule has 1 fully saturated rings. The number of carbonyl (C=O) groups excluding carboxylic acids is 1. The SMILES string of the molecule is COC(=O)/C=C/Nc1ccc(N2CCCCC2)cc1. The third kappa shape index (κ3) is 4.02. The van der Waals surface area contributed by atoms with Gasteiger partial charge in [-0.15, -0.1) is 0 Å². The van der Waals surface area contributed by atoms with Crippen molar-refractivity contribution in [1.29, 1.82) is 0 Å². The van der Waals surface area contributed by atoms with E-state index in [1.807, 2.05) is 12.1 Å². The lowest BCUT2D eigenvalue weighted by molar-refractivity contribution is -0.134. The molecule has 0 unspecified atom stereocenters. The molecule has 0 aromatic heterocycles. The van der Waals surface area contributed by atoms with Gasteiger partial charge in [0.15, 0.2) is 0 Å². The normalized spacial score (nSPS) is 15.5. The van der Waals surface area contributed by atoms with E-state index >= 15 is 0 Å². The second-order valence-electron chi connectivity index (χ2n) is 4.60. The molecule has 2 rings (SSSR count). The van der Waals surface area contributed by atoms with Crippen molar-refractivity contribution in [3.8, 4) is 0 Å². The van der Waals surface area contributed by atoms with Gasteiger partial charge in [-0.25, -0.2) is 4.79 Å². The summed E-state index contributed by atoms with van der Waals surface area (Å²) in [5.41, 5.74) is 2.23. The first-order chi connectivity index (χ1) is 9.29. The van der Waals surface area contributed by atoms with Crippen LogP contribution in [-0.4, -0.2) is 26.2 Å². The van der Waals surface area contributed by atoms with Crippen molar-refractivity contribution in [3.05, 3.63) is 36.5 Å². The molecule has 0 aliphatic carbocycles. The van der Waals surface area contributed by atoms with E-state index in [1.54, 1.807) is 6.20 Å². The summed E-state index contributed by atoms with van der Waals surface area (Å²) in [6, 6.07) is 8.26. The molecule has 1 aromatic rings. The summed E-state index contributed by atoms with van der Waals surface area (Å²) in [6.07, 6.45) is 6.85. The smallest absolute Gasteiger partial charge is 0.331 e. The Morgan fingerprint density at radius 2 is 1.89 bits per heavy atom. The quantitative estimate of drug-likeness (QED) is 0.667. The van der Waals surface area contributed by atoms with Crippen LogP contribution >= 0.6 is 0 Å². The Balaban J connectivity index is 1.90. The zero-order valence-corrected chi connectivity index (χ0v) is 11.3. The summed E-state index contributed by atoms with van der Waals surface area (Å²) in [7, 11) is 1.36. The molecule has 0 amide bonds. The maximum atomic E-state index is 10.9. The average Bonchev–Trinajstić information content (AvgIpc) is 2.48. The van der Waals surface area contributed by atoms with E-state index in [4.69, 9.17) is 0 Å².